The van der Waals surface area contributed by atoms with E-state index in [4.69, 9.17) is 14.2 Å². The fourth-order valence-corrected chi connectivity index (χ4v) is 10.6. The maximum Gasteiger partial charge on any atom is 0.306 e. The summed E-state index contributed by atoms with van der Waals surface area (Å²) < 4.78 is 17.0. The summed E-state index contributed by atoms with van der Waals surface area (Å²) in [7, 11) is 0. The molecule has 0 saturated heterocycles. The van der Waals surface area contributed by atoms with E-state index in [1.807, 2.05) is 0 Å². The van der Waals surface area contributed by atoms with Crippen LogP contribution in [0.2, 0.25) is 0 Å². The largest absolute Gasteiger partial charge is 0.462 e. The molecule has 0 aromatic carbocycles. The van der Waals surface area contributed by atoms with Crippen molar-refractivity contribution in [3.05, 3.63) is 72.9 Å². The Morgan fingerprint density at radius 3 is 0.805 bits per heavy atom. The lowest BCUT2D eigenvalue weighted by atomic mass is 10.0. The van der Waals surface area contributed by atoms with Gasteiger partial charge >= 0.3 is 17.9 Å². The van der Waals surface area contributed by atoms with Crippen molar-refractivity contribution in [2.45, 2.75) is 380 Å². The van der Waals surface area contributed by atoms with Crippen molar-refractivity contribution in [3.63, 3.8) is 0 Å². The van der Waals surface area contributed by atoms with E-state index in [1.165, 1.54) is 238 Å². The molecular formula is C76H136O6. The van der Waals surface area contributed by atoms with Crippen LogP contribution in [0, 0.1) is 0 Å². The summed E-state index contributed by atoms with van der Waals surface area (Å²) in [5.74, 6) is -0.866. The fraction of sp³-hybridized carbons (Fsp3) is 0.803. The van der Waals surface area contributed by atoms with Crippen LogP contribution in [0.25, 0.3) is 0 Å². The van der Waals surface area contributed by atoms with Gasteiger partial charge in [-0.25, -0.2) is 0 Å². The van der Waals surface area contributed by atoms with Gasteiger partial charge in [0.2, 0.25) is 0 Å². The molecule has 0 radical (unpaired) electrons. The van der Waals surface area contributed by atoms with E-state index in [1.54, 1.807) is 0 Å². The van der Waals surface area contributed by atoms with Crippen LogP contribution in [0.4, 0.5) is 0 Å². The van der Waals surface area contributed by atoms with Gasteiger partial charge in [-0.1, -0.05) is 325 Å². The molecule has 0 aliphatic carbocycles. The molecule has 6 nitrogen and oxygen atoms in total. The van der Waals surface area contributed by atoms with Crippen LogP contribution < -0.4 is 0 Å². The third kappa shape index (κ3) is 67.6. The lowest BCUT2D eigenvalue weighted by Crippen LogP contribution is -2.30. The predicted octanol–water partition coefficient (Wildman–Crippen LogP) is 24.8. The van der Waals surface area contributed by atoms with Gasteiger partial charge in [0.05, 0.1) is 0 Å². The molecule has 476 valence electrons. The third-order valence-corrected chi connectivity index (χ3v) is 15.9. The maximum absolute atomic E-state index is 12.9. The Balaban J connectivity index is 4.15. The summed E-state index contributed by atoms with van der Waals surface area (Å²) in [5.41, 5.74) is 0. The van der Waals surface area contributed by atoms with E-state index in [2.05, 4.69) is 93.7 Å². The fourth-order valence-electron chi connectivity index (χ4n) is 10.6. The van der Waals surface area contributed by atoms with E-state index < -0.39 is 6.10 Å². The zero-order valence-electron chi connectivity index (χ0n) is 54.8. The van der Waals surface area contributed by atoms with Crippen LogP contribution >= 0.6 is 0 Å². The van der Waals surface area contributed by atoms with Crippen molar-refractivity contribution in [2.24, 2.45) is 0 Å². The monoisotopic (exact) mass is 1150 g/mol. The molecule has 0 aliphatic rings. The van der Waals surface area contributed by atoms with Crippen molar-refractivity contribution < 1.29 is 28.6 Å². The highest BCUT2D eigenvalue weighted by Crippen LogP contribution is 2.18. The second kappa shape index (κ2) is 70.3. The minimum Gasteiger partial charge on any atom is -0.462 e. The molecule has 0 heterocycles. The molecule has 0 spiro atoms. The van der Waals surface area contributed by atoms with Crippen LogP contribution in [-0.2, 0) is 28.6 Å². The minimum absolute atomic E-state index is 0.0746. The Hall–Kier alpha value is -3.15. The standard InChI is InChI=1S/C76H136O6/c1-4-7-10-13-16-19-22-24-26-28-30-32-34-36-38-40-42-44-46-48-50-52-54-57-60-63-66-69-75(78)81-72-73(71-80-74(77)68-65-62-59-56-21-18-15-12-9-6-3)82-76(79)70-67-64-61-58-55-53-51-49-47-45-43-41-39-37-35-33-31-29-27-25-23-20-17-14-11-8-5-2/h7,10,12,15-16,19,24,26,29-32,73H,4-6,8-9,11,13-14,17-18,20-23,25,27-28,33-72H2,1-3H3/b10-7-,15-12-,19-16-,26-24-,31-29-,32-30-. The van der Waals surface area contributed by atoms with Gasteiger partial charge in [-0.15, -0.1) is 0 Å². The van der Waals surface area contributed by atoms with Crippen LogP contribution in [0.1, 0.15) is 374 Å². The summed E-state index contributed by atoms with van der Waals surface area (Å²) in [6, 6.07) is 0. The predicted molar refractivity (Wildman–Crippen MR) is 358 cm³/mol. The number of carbonyl (C=O) groups excluding carboxylic acids is 3. The van der Waals surface area contributed by atoms with Crippen molar-refractivity contribution in [2.75, 3.05) is 13.2 Å². The van der Waals surface area contributed by atoms with Crippen molar-refractivity contribution in [1.29, 1.82) is 0 Å². The first-order valence-corrected chi connectivity index (χ1v) is 35.9. The second-order valence-corrected chi connectivity index (χ2v) is 24.1. The molecular weight excluding hydrogens is 1010 g/mol. The molecule has 0 N–H and O–H groups in total. The quantitative estimate of drug-likeness (QED) is 0.0261. The van der Waals surface area contributed by atoms with Crippen molar-refractivity contribution >= 4 is 17.9 Å². The molecule has 0 saturated carbocycles. The summed E-state index contributed by atoms with van der Waals surface area (Å²) in [5, 5.41) is 0. The van der Waals surface area contributed by atoms with Gasteiger partial charge in [-0.05, 0) is 103 Å². The number of esters is 3. The Kier molecular flexibility index (Phi) is 67.6. The summed E-state index contributed by atoms with van der Waals surface area (Å²) in [4.78, 5) is 38.4. The second-order valence-electron chi connectivity index (χ2n) is 24.1. The molecule has 0 aromatic heterocycles. The number of carbonyl (C=O) groups is 3. The zero-order chi connectivity index (χ0) is 59.2. The van der Waals surface area contributed by atoms with Gasteiger partial charge < -0.3 is 14.2 Å². The smallest absolute Gasteiger partial charge is 0.306 e. The molecule has 82 heavy (non-hydrogen) atoms. The van der Waals surface area contributed by atoms with E-state index >= 15 is 0 Å². The van der Waals surface area contributed by atoms with E-state index in [0.29, 0.717) is 19.3 Å². The first-order chi connectivity index (χ1) is 40.5. The number of rotatable bonds is 66. The molecule has 0 aromatic rings. The van der Waals surface area contributed by atoms with Crippen LogP contribution in [0.15, 0.2) is 72.9 Å². The van der Waals surface area contributed by atoms with Gasteiger partial charge in [-0.3, -0.25) is 14.4 Å². The molecule has 0 rings (SSSR count). The highest BCUT2D eigenvalue weighted by Gasteiger charge is 2.19. The molecule has 0 aliphatic heterocycles. The molecule has 0 fully saturated rings. The van der Waals surface area contributed by atoms with Crippen molar-refractivity contribution in [1.82, 2.24) is 0 Å². The van der Waals surface area contributed by atoms with Gasteiger partial charge in [0, 0.05) is 19.3 Å². The summed E-state index contributed by atoms with van der Waals surface area (Å²) >= 11 is 0. The number of hydrogen-bond acceptors (Lipinski definition) is 6. The number of unbranched alkanes of at least 4 members (excludes halogenated alkanes) is 43. The average molecular weight is 1150 g/mol. The van der Waals surface area contributed by atoms with E-state index in [9.17, 15) is 14.4 Å². The SMILES string of the molecule is CC/C=C\C/C=C\C/C=C\C/C=C\CCCCCCCCCCCCCCCCC(=O)OCC(COC(=O)CCCCCCC/C=C\CCC)OC(=O)CCCCCCCCCCCCCCCCC/C=C\CCCCCCCCCC. The van der Waals surface area contributed by atoms with E-state index in [0.717, 1.165) is 96.3 Å². The Morgan fingerprint density at radius 1 is 0.256 bits per heavy atom. The third-order valence-electron chi connectivity index (χ3n) is 15.9. The molecule has 0 amide bonds. The highest BCUT2D eigenvalue weighted by atomic mass is 16.6. The first-order valence-electron chi connectivity index (χ1n) is 35.9. The number of allylic oxidation sites excluding steroid dienone is 12. The molecule has 1 atom stereocenters. The van der Waals surface area contributed by atoms with E-state index in [-0.39, 0.29) is 31.1 Å². The Bertz CT molecular complexity index is 1500. The topological polar surface area (TPSA) is 78.9 Å². The zero-order valence-corrected chi connectivity index (χ0v) is 54.8. The molecule has 0 bridgehead atoms. The van der Waals surface area contributed by atoms with Crippen LogP contribution in [0.5, 0.6) is 0 Å². The lowest BCUT2D eigenvalue weighted by molar-refractivity contribution is -0.167. The maximum atomic E-state index is 12.9. The molecule has 6 heteroatoms. The average Bonchev–Trinajstić information content (AvgIpc) is 3.48. The van der Waals surface area contributed by atoms with Gasteiger partial charge in [-0.2, -0.15) is 0 Å². The van der Waals surface area contributed by atoms with Crippen LogP contribution in [-0.4, -0.2) is 37.2 Å². The van der Waals surface area contributed by atoms with Crippen LogP contribution in [0.3, 0.4) is 0 Å². The van der Waals surface area contributed by atoms with Gasteiger partial charge in [0.15, 0.2) is 6.10 Å². The normalized spacial score (nSPS) is 12.5. The molecule has 1 unspecified atom stereocenters. The van der Waals surface area contributed by atoms with Gasteiger partial charge in [0.1, 0.15) is 13.2 Å². The lowest BCUT2D eigenvalue weighted by Gasteiger charge is -2.18. The van der Waals surface area contributed by atoms with Gasteiger partial charge in [0.25, 0.3) is 0 Å². The number of hydrogen-bond donors (Lipinski definition) is 0. The summed E-state index contributed by atoms with van der Waals surface area (Å²) in [6.45, 7) is 6.51. The minimum atomic E-state index is -0.778. The summed E-state index contributed by atoms with van der Waals surface area (Å²) in [6.07, 6.45) is 92.4. The Labute approximate surface area is 510 Å². The highest BCUT2D eigenvalue weighted by molar-refractivity contribution is 5.71. The van der Waals surface area contributed by atoms with Crippen molar-refractivity contribution in [3.8, 4) is 0 Å². The Morgan fingerprint density at radius 2 is 0.500 bits per heavy atom. The first kappa shape index (κ1) is 78.8. The number of ether oxygens (including phenoxy) is 3.